The molecule has 0 radical (unpaired) electrons. The van der Waals surface area contributed by atoms with Crippen molar-refractivity contribution in [2.45, 2.75) is 31.9 Å². The van der Waals surface area contributed by atoms with Crippen LogP contribution in [0.4, 0.5) is 13.2 Å². The number of amides is 1. The Bertz CT molecular complexity index is 230. The van der Waals surface area contributed by atoms with Crippen molar-refractivity contribution in [3.8, 4) is 0 Å². The molecule has 0 aromatic heterocycles. The topological polar surface area (TPSA) is 41.1 Å². The van der Waals surface area contributed by atoms with Crippen molar-refractivity contribution in [2.24, 2.45) is 5.92 Å². The van der Waals surface area contributed by atoms with E-state index in [0.29, 0.717) is 12.5 Å². The molecule has 0 saturated carbocycles. The fourth-order valence-corrected chi connectivity index (χ4v) is 1.70. The van der Waals surface area contributed by atoms with Gasteiger partial charge in [-0.05, 0) is 31.8 Å². The van der Waals surface area contributed by atoms with Gasteiger partial charge in [0.2, 0.25) is 5.91 Å². The summed E-state index contributed by atoms with van der Waals surface area (Å²) in [6, 6.07) is 0. The summed E-state index contributed by atoms with van der Waals surface area (Å²) in [4.78, 5) is 11.1. The normalized spacial score (nSPS) is 20.5. The summed E-state index contributed by atoms with van der Waals surface area (Å²) in [5, 5.41) is 5.73. The lowest BCUT2D eigenvalue weighted by Gasteiger charge is -2.22. The summed E-state index contributed by atoms with van der Waals surface area (Å²) in [7, 11) is 0. The van der Waals surface area contributed by atoms with E-state index in [9.17, 15) is 18.0 Å². The van der Waals surface area contributed by atoms with E-state index in [-0.39, 0.29) is 12.4 Å². The summed E-state index contributed by atoms with van der Waals surface area (Å²) >= 11 is 0. The molecule has 2 N–H and O–H groups in total. The van der Waals surface area contributed by atoms with Crippen molar-refractivity contribution in [2.75, 3.05) is 19.6 Å². The van der Waals surface area contributed by atoms with Gasteiger partial charge in [0.25, 0.3) is 0 Å². The van der Waals surface area contributed by atoms with E-state index in [0.717, 1.165) is 25.9 Å². The SMILES string of the molecule is Cl.O=C(CCC(F)(F)F)NCC1CCCNC1. The maximum atomic E-state index is 11.8. The average Bonchev–Trinajstić information content (AvgIpc) is 2.24. The van der Waals surface area contributed by atoms with E-state index < -0.39 is 24.9 Å². The lowest BCUT2D eigenvalue weighted by atomic mass is 10.00. The van der Waals surface area contributed by atoms with Crippen LogP contribution >= 0.6 is 12.4 Å². The lowest BCUT2D eigenvalue weighted by molar-refractivity contribution is -0.144. The summed E-state index contributed by atoms with van der Waals surface area (Å²) in [6.45, 7) is 2.29. The molecule has 7 heteroatoms. The molecule has 0 bridgehead atoms. The zero-order chi connectivity index (χ0) is 12.0. The van der Waals surface area contributed by atoms with Crippen molar-refractivity contribution < 1.29 is 18.0 Å². The van der Waals surface area contributed by atoms with Gasteiger partial charge in [0.15, 0.2) is 0 Å². The summed E-state index contributed by atoms with van der Waals surface area (Å²) in [6.07, 6.45) is -3.68. The highest BCUT2D eigenvalue weighted by atomic mass is 35.5. The minimum atomic E-state index is -4.25. The maximum Gasteiger partial charge on any atom is 0.389 e. The predicted octanol–water partition coefficient (Wildman–Crippen LogP) is 1.87. The Labute approximate surface area is 105 Å². The molecule has 1 atom stereocenters. The first kappa shape index (κ1) is 16.5. The Kier molecular flexibility index (Phi) is 7.54. The Balaban J connectivity index is 0.00000256. The first-order valence-corrected chi connectivity index (χ1v) is 5.51. The van der Waals surface area contributed by atoms with Crippen molar-refractivity contribution in [3.05, 3.63) is 0 Å². The molecule has 0 aliphatic carbocycles. The number of halogens is 4. The van der Waals surface area contributed by atoms with Gasteiger partial charge in [-0.25, -0.2) is 0 Å². The number of carbonyl (C=O) groups excluding carboxylic acids is 1. The second-order valence-corrected chi connectivity index (χ2v) is 4.13. The van der Waals surface area contributed by atoms with Crippen LogP contribution in [0.15, 0.2) is 0 Å². The molecule has 1 aliphatic rings. The van der Waals surface area contributed by atoms with Gasteiger partial charge in [0.1, 0.15) is 0 Å². The van der Waals surface area contributed by atoms with E-state index in [2.05, 4.69) is 10.6 Å². The molecule has 1 rings (SSSR count). The van der Waals surface area contributed by atoms with Crippen molar-refractivity contribution in [1.29, 1.82) is 0 Å². The highest BCUT2D eigenvalue weighted by Gasteiger charge is 2.27. The van der Waals surface area contributed by atoms with Crippen LogP contribution in [0.25, 0.3) is 0 Å². The third-order valence-corrected chi connectivity index (χ3v) is 2.62. The first-order valence-electron chi connectivity index (χ1n) is 5.51. The number of rotatable bonds is 4. The van der Waals surface area contributed by atoms with E-state index >= 15 is 0 Å². The highest BCUT2D eigenvalue weighted by Crippen LogP contribution is 2.21. The second-order valence-electron chi connectivity index (χ2n) is 4.13. The third kappa shape index (κ3) is 8.26. The molecule has 1 unspecified atom stereocenters. The second kappa shape index (κ2) is 7.76. The Hall–Kier alpha value is -0.490. The zero-order valence-electron chi connectivity index (χ0n) is 9.48. The minimum Gasteiger partial charge on any atom is -0.356 e. The van der Waals surface area contributed by atoms with Crippen LogP contribution in [0.1, 0.15) is 25.7 Å². The molecule has 1 heterocycles. The average molecular weight is 275 g/mol. The van der Waals surface area contributed by atoms with Gasteiger partial charge in [-0.2, -0.15) is 13.2 Å². The monoisotopic (exact) mass is 274 g/mol. The maximum absolute atomic E-state index is 11.8. The highest BCUT2D eigenvalue weighted by molar-refractivity contribution is 5.85. The number of nitrogens with one attached hydrogen (secondary N) is 2. The molecular weight excluding hydrogens is 257 g/mol. The first-order chi connectivity index (χ1) is 7.47. The number of piperidine rings is 1. The summed E-state index contributed by atoms with van der Waals surface area (Å²) < 4.78 is 35.5. The summed E-state index contributed by atoms with van der Waals surface area (Å²) in [5.41, 5.74) is 0. The molecule has 3 nitrogen and oxygen atoms in total. The quantitative estimate of drug-likeness (QED) is 0.822. The Morgan fingerprint density at radius 2 is 2.12 bits per heavy atom. The molecule has 1 saturated heterocycles. The number of carbonyl (C=O) groups is 1. The predicted molar refractivity (Wildman–Crippen MR) is 61.1 cm³/mol. The van der Waals surface area contributed by atoms with Crippen LogP contribution in [-0.2, 0) is 4.79 Å². The van der Waals surface area contributed by atoms with Gasteiger partial charge in [0.05, 0.1) is 6.42 Å². The van der Waals surface area contributed by atoms with E-state index in [4.69, 9.17) is 0 Å². The van der Waals surface area contributed by atoms with Gasteiger partial charge in [-0.1, -0.05) is 0 Å². The number of alkyl halides is 3. The van der Waals surface area contributed by atoms with Gasteiger partial charge >= 0.3 is 6.18 Å². The van der Waals surface area contributed by atoms with Crippen LogP contribution in [0, 0.1) is 5.92 Å². The largest absolute Gasteiger partial charge is 0.389 e. The standard InChI is InChI=1S/C10H17F3N2O.ClH/c11-10(12,13)4-3-9(16)15-7-8-2-1-5-14-6-8;/h8,14H,1-7H2,(H,15,16);1H. The third-order valence-electron chi connectivity index (χ3n) is 2.62. The Morgan fingerprint density at radius 1 is 1.41 bits per heavy atom. The smallest absolute Gasteiger partial charge is 0.356 e. The van der Waals surface area contributed by atoms with E-state index in [1.54, 1.807) is 0 Å². The van der Waals surface area contributed by atoms with Crippen LogP contribution in [0.5, 0.6) is 0 Å². The lowest BCUT2D eigenvalue weighted by Crippen LogP contribution is -2.38. The number of hydrogen-bond acceptors (Lipinski definition) is 2. The van der Waals surface area contributed by atoms with Gasteiger partial charge in [-0.3, -0.25) is 4.79 Å². The fourth-order valence-electron chi connectivity index (χ4n) is 1.70. The molecule has 1 amide bonds. The molecular formula is C10H18ClF3N2O. The van der Waals surface area contributed by atoms with Crippen molar-refractivity contribution in [1.82, 2.24) is 10.6 Å². The minimum absolute atomic E-state index is 0. The molecule has 102 valence electrons. The number of hydrogen-bond donors (Lipinski definition) is 2. The van der Waals surface area contributed by atoms with Gasteiger partial charge in [0, 0.05) is 13.0 Å². The molecule has 1 aliphatic heterocycles. The van der Waals surface area contributed by atoms with Gasteiger partial charge < -0.3 is 10.6 Å². The molecule has 1 fully saturated rings. The van der Waals surface area contributed by atoms with Crippen molar-refractivity contribution in [3.63, 3.8) is 0 Å². The van der Waals surface area contributed by atoms with Crippen LogP contribution in [-0.4, -0.2) is 31.7 Å². The van der Waals surface area contributed by atoms with Crippen LogP contribution < -0.4 is 10.6 Å². The van der Waals surface area contributed by atoms with E-state index in [1.165, 1.54) is 0 Å². The Morgan fingerprint density at radius 3 is 2.65 bits per heavy atom. The molecule has 17 heavy (non-hydrogen) atoms. The van der Waals surface area contributed by atoms with E-state index in [1.807, 2.05) is 0 Å². The van der Waals surface area contributed by atoms with Gasteiger partial charge in [-0.15, -0.1) is 12.4 Å². The molecule has 0 spiro atoms. The molecule has 0 aromatic rings. The summed E-state index contributed by atoms with van der Waals surface area (Å²) in [5.74, 6) is -0.161. The van der Waals surface area contributed by atoms with Crippen LogP contribution in [0.2, 0.25) is 0 Å². The zero-order valence-corrected chi connectivity index (χ0v) is 10.3. The molecule has 0 aromatic carbocycles. The van der Waals surface area contributed by atoms with Crippen LogP contribution in [0.3, 0.4) is 0 Å². The van der Waals surface area contributed by atoms with Crippen molar-refractivity contribution >= 4 is 18.3 Å². The fraction of sp³-hybridized carbons (Fsp3) is 0.900.